The number of sulfonamides is 1. The molecule has 1 atom stereocenters. The fourth-order valence-electron chi connectivity index (χ4n) is 2.29. The lowest BCUT2D eigenvalue weighted by molar-refractivity contribution is 0.0935. The van der Waals surface area contributed by atoms with Gasteiger partial charge in [0, 0.05) is 0 Å². The average molecular weight is 338 g/mol. The maximum atomic E-state index is 12.2. The Morgan fingerprint density at radius 2 is 1.77 bits per heavy atom. The van der Waals surface area contributed by atoms with Gasteiger partial charge in [-0.05, 0) is 17.7 Å². The van der Waals surface area contributed by atoms with E-state index in [0.29, 0.717) is 5.69 Å². The number of primary sulfonamides is 1. The van der Waals surface area contributed by atoms with E-state index in [1.54, 1.807) is 0 Å². The van der Waals surface area contributed by atoms with E-state index in [1.165, 1.54) is 12.1 Å². The minimum atomic E-state index is -4.00. The standard InChI is InChI=1S/C14H12ClN3O3S/c15-10-7-11-9(6-12(10)22(16,20)21)14(19)18-13(17-11)8-4-2-1-3-5-8/h1-7,13,17H,(H,18,19)(H2,16,20,21). The van der Waals surface area contributed by atoms with Crippen molar-refractivity contribution >= 4 is 33.2 Å². The number of nitrogens with one attached hydrogen (secondary N) is 2. The maximum absolute atomic E-state index is 12.2. The van der Waals surface area contributed by atoms with Crippen LogP contribution in [0.3, 0.4) is 0 Å². The first-order valence-electron chi connectivity index (χ1n) is 6.35. The molecular formula is C14H12ClN3O3S. The minimum absolute atomic E-state index is 0.0322. The molecule has 0 fully saturated rings. The summed E-state index contributed by atoms with van der Waals surface area (Å²) in [6.07, 6.45) is -0.419. The number of carbonyl (C=O) groups is 1. The molecule has 0 bridgehead atoms. The van der Waals surface area contributed by atoms with Crippen LogP contribution in [0.25, 0.3) is 0 Å². The lowest BCUT2D eigenvalue weighted by Gasteiger charge is -2.28. The number of carbonyl (C=O) groups excluding carboxylic acids is 1. The number of hydrogen-bond acceptors (Lipinski definition) is 4. The normalized spacial score (nSPS) is 17.4. The molecule has 2 aromatic carbocycles. The first-order chi connectivity index (χ1) is 10.4. The Balaban J connectivity index is 2.05. The van der Waals surface area contributed by atoms with E-state index >= 15 is 0 Å². The van der Waals surface area contributed by atoms with Crippen LogP contribution in [0, 0.1) is 0 Å². The van der Waals surface area contributed by atoms with E-state index in [1.807, 2.05) is 30.3 Å². The number of hydrogen-bond donors (Lipinski definition) is 3. The van der Waals surface area contributed by atoms with Gasteiger partial charge in [-0.25, -0.2) is 13.6 Å². The van der Waals surface area contributed by atoms with E-state index in [2.05, 4.69) is 10.6 Å². The number of fused-ring (bicyclic) bond motifs is 1. The lowest BCUT2D eigenvalue weighted by Crippen LogP contribution is -2.38. The van der Waals surface area contributed by atoms with E-state index in [-0.39, 0.29) is 15.5 Å². The zero-order chi connectivity index (χ0) is 15.9. The molecule has 0 saturated heterocycles. The molecule has 3 rings (SSSR count). The third-order valence-electron chi connectivity index (χ3n) is 3.33. The highest BCUT2D eigenvalue weighted by Crippen LogP contribution is 2.32. The molecule has 0 aromatic heterocycles. The van der Waals surface area contributed by atoms with Crippen LogP contribution in [-0.4, -0.2) is 14.3 Å². The lowest BCUT2D eigenvalue weighted by atomic mass is 10.1. The Kier molecular flexibility index (Phi) is 3.56. The Bertz CT molecular complexity index is 853. The molecule has 0 saturated carbocycles. The number of halogens is 1. The summed E-state index contributed by atoms with van der Waals surface area (Å²) >= 11 is 5.96. The highest BCUT2D eigenvalue weighted by atomic mass is 35.5. The van der Waals surface area contributed by atoms with Crippen LogP contribution < -0.4 is 15.8 Å². The van der Waals surface area contributed by atoms with Crippen molar-refractivity contribution in [3.8, 4) is 0 Å². The fourth-order valence-corrected chi connectivity index (χ4v) is 3.39. The molecule has 8 heteroatoms. The largest absolute Gasteiger partial charge is 0.361 e. The Morgan fingerprint density at radius 1 is 1.09 bits per heavy atom. The third kappa shape index (κ3) is 2.66. The van der Waals surface area contributed by atoms with Gasteiger partial charge in [0.1, 0.15) is 11.1 Å². The summed E-state index contributed by atoms with van der Waals surface area (Å²) < 4.78 is 22.9. The number of amides is 1. The topological polar surface area (TPSA) is 101 Å². The van der Waals surface area contributed by atoms with Gasteiger partial charge in [-0.2, -0.15) is 0 Å². The van der Waals surface area contributed by atoms with Crippen molar-refractivity contribution < 1.29 is 13.2 Å². The van der Waals surface area contributed by atoms with Crippen molar-refractivity contribution in [1.29, 1.82) is 0 Å². The van der Waals surface area contributed by atoms with Crippen LogP contribution in [0.4, 0.5) is 5.69 Å². The number of nitrogens with two attached hydrogens (primary N) is 1. The molecule has 1 unspecified atom stereocenters. The fraction of sp³-hybridized carbons (Fsp3) is 0.0714. The van der Waals surface area contributed by atoms with Crippen LogP contribution in [0.2, 0.25) is 5.02 Å². The van der Waals surface area contributed by atoms with E-state index < -0.39 is 22.1 Å². The monoisotopic (exact) mass is 337 g/mol. The van der Waals surface area contributed by atoms with Crippen LogP contribution in [0.1, 0.15) is 22.1 Å². The van der Waals surface area contributed by atoms with Crippen molar-refractivity contribution in [1.82, 2.24) is 5.32 Å². The second-order valence-electron chi connectivity index (χ2n) is 4.83. The summed E-state index contributed by atoms with van der Waals surface area (Å²) in [6.45, 7) is 0. The van der Waals surface area contributed by atoms with Gasteiger partial charge < -0.3 is 10.6 Å². The van der Waals surface area contributed by atoms with Gasteiger partial charge in [0.25, 0.3) is 5.91 Å². The molecule has 114 valence electrons. The van der Waals surface area contributed by atoms with Crippen LogP contribution in [0.5, 0.6) is 0 Å². The summed E-state index contributed by atoms with van der Waals surface area (Å²) in [5.74, 6) is -0.399. The predicted molar refractivity (Wildman–Crippen MR) is 83.1 cm³/mol. The Hall–Kier alpha value is -2.09. The highest BCUT2D eigenvalue weighted by Gasteiger charge is 2.27. The molecule has 1 heterocycles. The van der Waals surface area contributed by atoms with Crippen LogP contribution in [-0.2, 0) is 10.0 Å². The SMILES string of the molecule is NS(=O)(=O)c1cc2c(cc1Cl)NC(c1ccccc1)NC2=O. The first-order valence-corrected chi connectivity index (χ1v) is 8.27. The van der Waals surface area contributed by atoms with Gasteiger partial charge in [0.2, 0.25) is 10.0 Å². The molecule has 0 radical (unpaired) electrons. The van der Waals surface area contributed by atoms with Gasteiger partial charge in [-0.3, -0.25) is 4.79 Å². The van der Waals surface area contributed by atoms with Crippen molar-refractivity contribution in [2.45, 2.75) is 11.1 Å². The molecule has 1 aliphatic heterocycles. The molecule has 2 aromatic rings. The third-order valence-corrected chi connectivity index (χ3v) is 4.71. The van der Waals surface area contributed by atoms with Crippen LogP contribution >= 0.6 is 11.6 Å². The summed E-state index contributed by atoms with van der Waals surface area (Å²) in [5.41, 5.74) is 1.50. The van der Waals surface area contributed by atoms with Crippen molar-refractivity contribution in [3.05, 3.63) is 58.6 Å². The highest BCUT2D eigenvalue weighted by molar-refractivity contribution is 7.89. The van der Waals surface area contributed by atoms with Crippen LogP contribution in [0.15, 0.2) is 47.4 Å². The molecular weight excluding hydrogens is 326 g/mol. The summed E-state index contributed by atoms with van der Waals surface area (Å²) in [4.78, 5) is 12.0. The number of rotatable bonds is 2. The molecule has 4 N–H and O–H groups in total. The maximum Gasteiger partial charge on any atom is 0.255 e. The van der Waals surface area contributed by atoms with Gasteiger partial charge in [0.15, 0.2) is 0 Å². The molecule has 22 heavy (non-hydrogen) atoms. The van der Waals surface area contributed by atoms with Gasteiger partial charge in [-0.15, -0.1) is 0 Å². The zero-order valence-corrected chi connectivity index (χ0v) is 12.8. The number of benzene rings is 2. The zero-order valence-electron chi connectivity index (χ0n) is 11.2. The van der Waals surface area contributed by atoms with Crippen molar-refractivity contribution in [2.75, 3.05) is 5.32 Å². The molecule has 0 spiro atoms. The second kappa shape index (κ2) is 5.28. The molecule has 1 aliphatic rings. The minimum Gasteiger partial charge on any atom is -0.361 e. The number of anilines is 1. The average Bonchev–Trinajstić information content (AvgIpc) is 2.46. The van der Waals surface area contributed by atoms with Crippen molar-refractivity contribution in [2.24, 2.45) is 5.14 Å². The quantitative estimate of drug-likeness (QED) is 0.778. The van der Waals surface area contributed by atoms with Gasteiger partial charge in [0.05, 0.1) is 16.3 Å². The summed E-state index contributed by atoms with van der Waals surface area (Å²) in [7, 11) is -4.00. The first kappa shape index (κ1) is 14.8. The van der Waals surface area contributed by atoms with Gasteiger partial charge in [-0.1, -0.05) is 41.9 Å². The van der Waals surface area contributed by atoms with E-state index in [9.17, 15) is 13.2 Å². The Morgan fingerprint density at radius 3 is 2.41 bits per heavy atom. The summed E-state index contributed by atoms with van der Waals surface area (Å²) in [6, 6.07) is 11.9. The molecule has 6 nitrogen and oxygen atoms in total. The Labute approximate surface area is 132 Å². The summed E-state index contributed by atoms with van der Waals surface area (Å²) in [5, 5.41) is 10.9. The van der Waals surface area contributed by atoms with Crippen molar-refractivity contribution in [3.63, 3.8) is 0 Å². The molecule has 0 aliphatic carbocycles. The smallest absolute Gasteiger partial charge is 0.255 e. The van der Waals surface area contributed by atoms with E-state index in [4.69, 9.17) is 16.7 Å². The van der Waals surface area contributed by atoms with E-state index in [0.717, 1.165) is 5.56 Å². The molecule has 1 amide bonds. The second-order valence-corrected chi connectivity index (χ2v) is 6.77. The van der Waals surface area contributed by atoms with Gasteiger partial charge >= 0.3 is 0 Å². The predicted octanol–water partition coefficient (Wildman–Crippen LogP) is 1.84.